The molecule has 1 aliphatic heterocycles. The Morgan fingerprint density at radius 2 is 1.93 bits per heavy atom. The number of aromatic nitrogens is 1. The summed E-state index contributed by atoms with van der Waals surface area (Å²) in [7, 11) is -3.68. The van der Waals surface area contributed by atoms with Crippen molar-refractivity contribution < 1.29 is 23.1 Å². The molecule has 7 nitrogen and oxygen atoms in total. The maximum atomic E-state index is 13.3. The van der Waals surface area contributed by atoms with Gasteiger partial charge in [0.1, 0.15) is 5.69 Å². The molecule has 30 heavy (non-hydrogen) atoms. The van der Waals surface area contributed by atoms with Crippen LogP contribution in [0.1, 0.15) is 61.8 Å². The summed E-state index contributed by atoms with van der Waals surface area (Å²) >= 11 is 0. The Bertz CT molecular complexity index is 1030. The van der Waals surface area contributed by atoms with Crippen LogP contribution < -0.4 is 0 Å². The van der Waals surface area contributed by atoms with Crippen LogP contribution in [0.5, 0.6) is 0 Å². The second kappa shape index (κ2) is 8.45. The number of nitrogens with zero attached hydrogens (tertiary/aromatic N) is 2. The molecule has 1 atom stereocenters. The van der Waals surface area contributed by atoms with Gasteiger partial charge >= 0.3 is 5.97 Å². The van der Waals surface area contributed by atoms with E-state index in [1.54, 1.807) is 33.8 Å². The molecule has 1 aromatic heterocycles. The summed E-state index contributed by atoms with van der Waals surface area (Å²) in [5.74, 6) is -0.548. The first kappa shape index (κ1) is 22.4. The molecule has 1 aliphatic rings. The first-order valence-electron chi connectivity index (χ1n) is 10.0. The zero-order valence-electron chi connectivity index (χ0n) is 17.8. The van der Waals surface area contributed by atoms with Crippen molar-refractivity contribution in [1.29, 1.82) is 0 Å². The van der Waals surface area contributed by atoms with E-state index < -0.39 is 26.8 Å². The highest BCUT2D eigenvalue weighted by Crippen LogP contribution is 2.44. The quantitative estimate of drug-likeness (QED) is 0.704. The molecule has 0 saturated heterocycles. The minimum absolute atomic E-state index is 0.119. The lowest BCUT2D eigenvalue weighted by Crippen LogP contribution is -2.42. The lowest BCUT2D eigenvalue weighted by molar-refractivity contribution is 0.0519. The Labute approximate surface area is 177 Å². The van der Waals surface area contributed by atoms with Gasteiger partial charge in [0.2, 0.25) is 10.0 Å². The lowest BCUT2D eigenvalue weighted by Gasteiger charge is -2.31. The Hall–Kier alpha value is -2.29. The highest BCUT2D eigenvalue weighted by molar-refractivity contribution is 7.90. The van der Waals surface area contributed by atoms with E-state index in [9.17, 15) is 18.3 Å². The van der Waals surface area contributed by atoms with Gasteiger partial charge in [-0.3, -0.25) is 0 Å². The number of rotatable bonds is 6. The van der Waals surface area contributed by atoms with Gasteiger partial charge in [0.25, 0.3) is 0 Å². The van der Waals surface area contributed by atoms with Crippen molar-refractivity contribution in [2.45, 2.75) is 51.4 Å². The van der Waals surface area contributed by atoms with Crippen molar-refractivity contribution in [3.05, 3.63) is 53.2 Å². The monoisotopic (exact) mass is 432 g/mol. The van der Waals surface area contributed by atoms with Crippen LogP contribution in [0.3, 0.4) is 0 Å². The van der Waals surface area contributed by atoms with E-state index in [1.807, 2.05) is 30.3 Å². The molecule has 8 heteroatoms. The first-order chi connectivity index (χ1) is 14.1. The summed E-state index contributed by atoms with van der Waals surface area (Å²) < 4.78 is 32.2. The molecule has 3 rings (SSSR count). The number of fused-ring (bicyclic) bond motifs is 1. The van der Waals surface area contributed by atoms with Crippen LogP contribution in [0, 0.1) is 0 Å². The van der Waals surface area contributed by atoms with Gasteiger partial charge in [-0.1, -0.05) is 30.3 Å². The third-order valence-electron chi connectivity index (χ3n) is 5.17. The number of carbonyl (C=O) groups excluding carboxylic acids is 1. The number of sulfonamides is 1. The second-order valence-corrected chi connectivity index (χ2v) is 10.9. The third-order valence-corrected chi connectivity index (χ3v) is 7.72. The summed E-state index contributed by atoms with van der Waals surface area (Å²) in [6.07, 6.45) is 0.239. The van der Waals surface area contributed by atoms with Gasteiger partial charge in [0, 0.05) is 24.3 Å². The maximum Gasteiger partial charge on any atom is 0.356 e. The molecule has 0 saturated carbocycles. The minimum atomic E-state index is -3.68. The average molecular weight is 433 g/mol. The smallest absolute Gasteiger partial charge is 0.356 e. The number of pyridine rings is 1. The standard InChI is InChI=1S/C22H28N2O5S/c1-5-29-21(26)17-13-16-14-24(30(27,28)22(2,3)4)18(11-12-25)19(16)20(23-17)15-9-7-6-8-10-15/h6-10,13,18,25H,5,11-12,14H2,1-4H3/t18-/m1/s1. The molecule has 0 radical (unpaired) electrons. The molecule has 2 aromatic rings. The van der Waals surface area contributed by atoms with Crippen LogP contribution in [-0.4, -0.2) is 46.7 Å². The molecule has 0 amide bonds. The molecule has 0 fully saturated rings. The van der Waals surface area contributed by atoms with Gasteiger partial charge in [0.15, 0.2) is 0 Å². The number of carbonyl (C=O) groups is 1. The largest absolute Gasteiger partial charge is 0.461 e. The van der Waals surface area contributed by atoms with Gasteiger partial charge in [-0.15, -0.1) is 0 Å². The molecular weight excluding hydrogens is 404 g/mol. The van der Waals surface area contributed by atoms with Crippen LogP contribution in [0.2, 0.25) is 0 Å². The van der Waals surface area contributed by atoms with Gasteiger partial charge in [-0.25, -0.2) is 18.2 Å². The fourth-order valence-electron chi connectivity index (χ4n) is 3.67. The number of esters is 1. The highest BCUT2D eigenvalue weighted by atomic mass is 32.2. The zero-order valence-corrected chi connectivity index (χ0v) is 18.6. The van der Waals surface area contributed by atoms with Gasteiger partial charge in [-0.2, -0.15) is 4.31 Å². The first-order valence-corrected chi connectivity index (χ1v) is 11.4. The fourth-order valence-corrected chi connectivity index (χ4v) is 5.23. The van der Waals surface area contributed by atoms with E-state index in [2.05, 4.69) is 4.98 Å². The average Bonchev–Trinajstić information content (AvgIpc) is 3.07. The van der Waals surface area contributed by atoms with Crippen LogP contribution >= 0.6 is 0 Å². The summed E-state index contributed by atoms with van der Waals surface area (Å²) in [5.41, 5.74) is 2.90. The predicted molar refractivity (Wildman–Crippen MR) is 114 cm³/mol. The summed E-state index contributed by atoms with van der Waals surface area (Å²) in [6, 6.07) is 10.4. The Morgan fingerprint density at radius 1 is 1.27 bits per heavy atom. The molecule has 162 valence electrons. The van der Waals surface area contributed by atoms with Gasteiger partial charge < -0.3 is 9.84 Å². The molecule has 1 N–H and O–H groups in total. The van der Waals surface area contributed by atoms with Crippen LogP contribution in [0.15, 0.2) is 36.4 Å². The third kappa shape index (κ3) is 3.99. The van der Waals surface area contributed by atoms with E-state index >= 15 is 0 Å². The SMILES string of the molecule is CCOC(=O)c1cc2c(c(-c3ccccc3)n1)[C@@H](CCO)N(S(=O)(=O)C(C)(C)C)C2. The lowest BCUT2D eigenvalue weighted by atomic mass is 9.96. The maximum absolute atomic E-state index is 13.3. The zero-order chi connectivity index (χ0) is 22.1. The number of aliphatic hydroxyl groups is 1. The molecule has 0 aliphatic carbocycles. The fraction of sp³-hybridized carbons (Fsp3) is 0.455. The number of hydrogen-bond acceptors (Lipinski definition) is 6. The second-order valence-electron chi connectivity index (χ2n) is 8.21. The normalized spacial score (nSPS) is 17.0. The van der Waals surface area contributed by atoms with Gasteiger partial charge in [-0.05, 0) is 45.7 Å². The minimum Gasteiger partial charge on any atom is -0.461 e. The predicted octanol–water partition coefficient (Wildman–Crippen LogP) is 3.29. The van der Waals surface area contributed by atoms with Crippen molar-refractivity contribution in [1.82, 2.24) is 9.29 Å². The van der Waals surface area contributed by atoms with E-state index in [0.29, 0.717) is 11.3 Å². The number of aliphatic hydroxyl groups excluding tert-OH is 1. The van der Waals surface area contributed by atoms with Crippen molar-refractivity contribution >= 4 is 16.0 Å². The van der Waals surface area contributed by atoms with Crippen LogP contribution in [0.4, 0.5) is 0 Å². The summed E-state index contributed by atoms with van der Waals surface area (Å²) in [6.45, 7) is 6.85. The molecule has 0 unspecified atom stereocenters. The van der Waals surface area contributed by atoms with E-state index in [0.717, 1.165) is 11.1 Å². The topological polar surface area (TPSA) is 96.8 Å². The Balaban J connectivity index is 2.24. The Kier molecular flexibility index (Phi) is 6.31. The van der Waals surface area contributed by atoms with E-state index in [-0.39, 0.29) is 31.9 Å². The van der Waals surface area contributed by atoms with Gasteiger partial charge in [0.05, 0.1) is 23.1 Å². The highest BCUT2D eigenvalue weighted by Gasteiger charge is 2.45. The number of hydrogen-bond donors (Lipinski definition) is 1. The summed E-state index contributed by atoms with van der Waals surface area (Å²) in [4.78, 5) is 17.0. The van der Waals surface area contributed by atoms with Crippen molar-refractivity contribution in [2.75, 3.05) is 13.2 Å². The van der Waals surface area contributed by atoms with Crippen LogP contribution in [0.25, 0.3) is 11.3 Å². The van der Waals surface area contributed by atoms with Crippen molar-refractivity contribution in [3.8, 4) is 11.3 Å². The molecule has 2 heterocycles. The Morgan fingerprint density at radius 3 is 2.50 bits per heavy atom. The molecule has 0 spiro atoms. The molecular formula is C22H28N2O5S. The van der Waals surface area contributed by atoms with Crippen molar-refractivity contribution in [2.24, 2.45) is 0 Å². The van der Waals surface area contributed by atoms with Crippen molar-refractivity contribution in [3.63, 3.8) is 0 Å². The molecule has 1 aromatic carbocycles. The molecule has 0 bridgehead atoms. The number of benzene rings is 1. The van der Waals surface area contributed by atoms with E-state index in [1.165, 1.54) is 4.31 Å². The van der Waals surface area contributed by atoms with Crippen LogP contribution in [-0.2, 0) is 21.3 Å². The summed E-state index contributed by atoms with van der Waals surface area (Å²) in [5, 5.41) is 9.70. The number of ether oxygens (including phenoxy) is 1. The van der Waals surface area contributed by atoms with E-state index in [4.69, 9.17) is 4.74 Å².